The lowest BCUT2D eigenvalue weighted by Gasteiger charge is -2.29. The molecule has 4 nitrogen and oxygen atoms in total. The summed E-state index contributed by atoms with van der Waals surface area (Å²) >= 11 is 0. The van der Waals surface area contributed by atoms with Crippen LogP contribution in [0, 0.1) is 11.2 Å². The van der Waals surface area contributed by atoms with Crippen molar-refractivity contribution in [2.24, 2.45) is 11.1 Å². The third-order valence-electron chi connectivity index (χ3n) is 3.02. The molecule has 0 aliphatic rings. The Labute approximate surface area is 106 Å². The van der Waals surface area contributed by atoms with Crippen molar-refractivity contribution in [3.05, 3.63) is 29.6 Å². The van der Waals surface area contributed by atoms with Gasteiger partial charge in [0.1, 0.15) is 11.6 Å². The van der Waals surface area contributed by atoms with Crippen LogP contribution in [-0.2, 0) is 9.53 Å². The largest absolute Gasteiger partial charge is 0.496 e. The van der Waals surface area contributed by atoms with E-state index >= 15 is 0 Å². The molecule has 1 atom stereocenters. The summed E-state index contributed by atoms with van der Waals surface area (Å²) < 4.78 is 23.1. The first kappa shape index (κ1) is 14.4. The Bertz CT molecular complexity index is 446. The summed E-state index contributed by atoms with van der Waals surface area (Å²) in [7, 11) is 2.76. The summed E-state index contributed by atoms with van der Waals surface area (Å²) in [6.45, 7) is 3.29. The SMILES string of the molecule is COC(=O)C(C)(C)C(N)c1cc(F)ccc1OC. The van der Waals surface area contributed by atoms with Crippen LogP contribution in [0.25, 0.3) is 0 Å². The number of rotatable bonds is 4. The van der Waals surface area contributed by atoms with Crippen LogP contribution in [0.15, 0.2) is 18.2 Å². The fraction of sp³-hybridized carbons (Fsp3) is 0.462. The van der Waals surface area contributed by atoms with Crippen molar-refractivity contribution < 1.29 is 18.7 Å². The van der Waals surface area contributed by atoms with Gasteiger partial charge in [0.05, 0.1) is 19.6 Å². The second-order valence-electron chi connectivity index (χ2n) is 4.58. The van der Waals surface area contributed by atoms with E-state index in [0.29, 0.717) is 11.3 Å². The van der Waals surface area contributed by atoms with Gasteiger partial charge in [-0.05, 0) is 32.0 Å². The third kappa shape index (κ3) is 2.61. The van der Waals surface area contributed by atoms with Gasteiger partial charge >= 0.3 is 5.97 Å². The molecule has 0 aliphatic heterocycles. The minimum atomic E-state index is -0.976. The summed E-state index contributed by atoms with van der Waals surface area (Å²) in [4.78, 5) is 11.7. The van der Waals surface area contributed by atoms with Crippen molar-refractivity contribution in [3.8, 4) is 5.75 Å². The first-order valence-electron chi connectivity index (χ1n) is 5.52. The maximum absolute atomic E-state index is 13.3. The number of carbonyl (C=O) groups excluding carboxylic acids is 1. The van der Waals surface area contributed by atoms with E-state index in [1.54, 1.807) is 13.8 Å². The van der Waals surface area contributed by atoms with Crippen molar-refractivity contribution in [2.75, 3.05) is 14.2 Å². The standard InChI is InChI=1S/C13H18FNO3/c1-13(2,12(16)18-4)11(15)9-7-8(14)5-6-10(9)17-3/h5-7,11H,15H2,1-4H3. The fourth-order valence-electron chi connectivity index (χ4n) is 1.73. The van der Waals surface area contributed by atoms with E-state index in [2.05, 4.69) is 0 Å². The number of carbonyl (C=O) groups is 1. The molecular formula is C13H18FNO3. The monoisotopic (exact) mass is 255 g/mol. The Morgan fingerprint density at radius 3 is 2.50 bits per heavy atom. The highest BCUT2D eigenvalue weighted by Crippen LogP contribution is 2.37. The number of esters is 1. The molecule has 0 bridgehead atoms. The van der Waals surface area contributed by atoms with Crippen LogP contribution >= 0.6 is 0 Å². The summed E-state index contributed by atoms with van der Waals surface area (Å²) in [6, 6.07) is 3.31. The van der Waals surface area contributed by atoms with E-state index < -0.39 is 23.2 Å². The number of methoxy groups -OCH3 is 2. The second-order valence-corrected chi connectivity index (χ2v) is 4.58. The Kier molecular flexibility index (Phi) is 4.29. The molecule has 1 unspecified atom stereocenters. The van der Waals surface area contributed by atoms with E-state index in [1.807, 2.05) is 0 Å². The molecule has 5 heteroatoms. The molecule has 1 aromatic rings. The molecule has 0 saturated heterocycles. The summed E-state index contributed by atoms with van der Waals surface area (Å²) in [6.07, 6.45) is 0. The highest BCUT2D eigenvalue weighted by molar-refractivity contribution is 5.77. The molecule has 18 heavy (non-hydrogen) atoms. The fourth-order valence-corrected chi connectivity index (χ4v) is 1.73. The first-order chi connectivity index (χ1) is 8.34. The highest BCUT2D eigenvalue weighted by atomic mass is 19.1. The molecule has 0 radical (unpaired) electrons. The molecule has 0 fully saturated rings. The lowest BCUT2D eigenvalue weighted by atomic mass is 9.80. The minimum absolute atomic E-state index is 0.429. The van der Waals surface area contributed by atoms with Crippen molar-refractivity contribution >= 4 is 5.97 Å². The normalized spacial score (nSPS) is 13.0. The van der Waals surface area contributed by atoms with Gasteiger partial charge in [-0.25, -0.2) is 4.39 Å². The number of benzene rings is 1. The van der Waals surface area contributed by atoms with Crippen molar-refractivity contribution in [2.45, 2.75) is 19.9 Å². The third-order valence-corrected chi connectivity index (χ3v) is 3.02. The predicted molar refractivity (Wildman–Crippen MR) is 65.7 cm³/mol. The van der Waals surface area contributed by atoms with E-state index in [1.165, 1.54) is 32.4 Å². The van der Waals surface area contributed by atoms with Crippen molar-refractivity contribution in [1.29, 1.82) is 0 Å². The molecule has 2 N–H and O–H groups in total. The van der Waals surface area contributed by atoms with Crippen LogP contribution in [-0.4, -0.2) is 20.2 Å². The minimum Gasteiger partial charge on any atom is -0.496 e. The van der Waals surface area contributed by atoms with E-state index in [-0.39, 0.29) is 0 Å². The quantitative estimate of drug-likeness (QED) is 0.836. The smallest absolute Gasteiger partial charge is 0.313 e. The van der Waals surface area contributed by atoms with Gasteiger partial charge in [0.2, 0.25) is 0 Å². The topological polar surface area (TPSA) is 61.5 Å². The molecular weight excluding hydrogens is 237 g/mol. The number of nitrogens with two attached hydrogens (primary N) is 1. The van der Waals surface area contributed by atoms with E-state index in [0.717, 1.165) is 0 Å². The summed E-state index contributed by atoms with van der Waals surface area (Å²) in [5.41, 5.74) is 5.51. The molecule has 0 heterocycles. The Morgan fingerprint density at radius 2 is 2.00 bits per heavy atom. The number of halogens is 1. The van der Waals surface area contributed by atoms with Crippen LogP contribution in [0.4, 0.5) is 4.39 Å². The van der Waals surface area contributed by atoms with Crippen LogP contribution in [0.5, 0.6) is 5.75 Å². The molecule has 0 aliphatic carbocycles. The zero-order valence-electron chi connectivity index (χ0n) is 11.0. The maximum atomic E-state index is 13.3. The van der Waals surface area contributed by atoms with Crippen molar-refractivity contribution in [1.82, 2.24) is 0 Å². The van der Waals surface area contributed by atoms with Gasteiger partial charge in [-0.1, -0.05) is 0 Å². The summed E-state index contributed by atoms with van der Waals surface area (Å²) in [5.74, 6) is -0.441. The number of hydrogen-bond donors (Lipinski definition) is 1. The van der Waals surface area contributed by atoms with Crippen LogP contribution in [0.1, 0.15) is 25.5 Å². The zero-order valence-corrected chi connectivity index (χ0v) is 11.0. The summed E-state index contributed by atoms with van der Waals surface area (Å²) in [5, 5.41) is 0. The van der Waals surface area contributed by atoms with Gasteiger partial charge in [-0.3, -0.25) is 4.79 Å². The zero-order chi connectivity index (χ0) is 13.9. The van der Waals surface area contributed by atoms with Crippen LogP contribution in [0.2, 0.25) is 0 Å². The van der Waals surface area contributed by atoms with Gasteiger partial charge in [-0.15, -0.1) is 0 Å². The average Bonchev–Trinajstić information content (AvgIpc) is 2.36. The van der Waals surface area contributed by atoms with E-state index in [9.17, 15) is 9.18 Å². The van der Waals surface area contributed by atoms with Gasteiger partial charge in [0, 0.05) is 11.6 Å². The molecule has 1 rings (SSSR count). The molecule has 0 amide bonds. The van der Waals surface area contributed by atoms with Crippen LogP contribution < -0.4 is 10.5 Å². The van der Waals surface area contributed by atoms with Gasteiger partial charge in [0.15, 0.2) is 0 Å². The van der Waals surface area contributed by atoms with Crippen molar-refractivity contribution in [3.63, 3.8) is 0 Å². The lowest BCUT2D eigenvalue weighted by molar-refractivity contribution is -0.152. The van der Waals surface area contributed by atoms with Gasteiger partial charge < -0.3 is 15.2 Å². The molecule has 100 valence electrons. The molecule has 0 aromatic heterocycles. The Balaban J connectivity index is 3.21. The number of ether oxygens (including phenoxy) is 2. The maximum Gasteiger partial charge on any atom is 0.313 e. The molecule has 1 aromatic carbocycles. The van der Waals surface area contributed by atoms with E-state index in [4.69, 9.17) is 15.2 Å². The number of hydrogen-bond acceptors (Lipinski definition) is 4. The Hall–Kier alpha value is -1.62. The lowest BCUT2D eigenvalue weighted by Crippen LogP contribution is -2.37. The molecule has 0 saturated carbocycles. The average molecular weight is 255 g/mol. The van der Waals surface area contributed by atoms with Gasteiger partial charge in [-0.2, -0.15) is 0 Å². The second kappa shape index (κ2) is 5.35. The molecule has 0 spiro atoms. The van der Waals surface area contributed by atoms with Crippen LogP contribution in [0.3, 0.4) is 0 Å². The van der Waals surface area contributed by atoms with Gasteiger partial charge in [0.25, 0.3) is 0 Å². The highest BCUT2D eigenvalue weighted by Gasteiger charge is 2.38. The Morgan fingerprint density at radius 1 is 1.39 bits per heavy atom. The predicted octanol–water partition coefficient (Wildman–Crippen LogP) is 2.03. The first-order valence-corrected chi connectivity index (χ1v) is 5.52.